The summed E-state index contributed by atoms with van der Waals surface area (Å²) in [5.74, 6) is -12.5. The summed E-state index contributed by atoms with van der Waals surface area (Å²) in [6.07, 6.45) is -1.08. The van der Waals surface area contributed by atoms with Crippen molar-refractivity contribution in [2.45, 2.75) is 159 Å². The van der Waals surface area contributed by atoms with Crippen LogP contribution in [-0.2, 0) is 64.0 Å². The Morgan fingerprint density at radius 2 is 1.23 bits per heavy atom. The van der Waals surface area contributed by atoms with E-state index in [9.17, 15) is 72.9 Å². The highest BCUT2D eigenvalue weighted by Gasteiger charge is 2.39. The van der Waals surface area contributed by atoms with E-state index < -0.39 is 168 Å². The number of likely N-dealkylation sites (tertiary alicyclic amines) is 1. The van der Waals surface area contributed by atoms with E-state index in [1.807, 2.05) is 5.32 Å². The molecule has 1 fully saturated rings. The SMILES string of the molecule is CC[C@H](C)[C@H](NC(=O)CNC(=O)[C@H](CCSC)NC(=O)[C@H](CCCNC(=N)N)NC(=O)[C@H](Cc1ccccc1)NC(=O)[C@@H]1CCCN1C(=O)[C@H](C)N)C(=O)N[C@@H](CS)C(=O)N[C@H](C(=O)N[C@H](C(=O)N[C@@H](CC(N)=O)C(=O)O)[C@@H](C)O)[C@@H](C)O. The van der Waals surface area contributed by atoms with Crippen LogP contribution in [-0.4, -0.2) is 207 Å². The van der Waals surface area contributed by atoms with Crippen LogP contribution in [0.5, 0.6) is 0 Å². The first-order valence-electron chi connectivity index (χ1n) is 26.9. The van der Waals surface area contributed by atoms with E-state index in [2.05, 4.69) is 60.5 Å². The number of primary amides is 1. The molecular weight excluding hydrogens is 1130 g/mol. The van der Waals surface area contributed by atoms with E-state index in [1.165, 1.54) is 23.6 Å². The number of thioether (sulfide) groups is 1. The maximum Gasteiger partial charge on any atom is 0.326 e. The molecule has 0 bridgehead atoms. The number of rotatable bonds is 36. The number of carboxylic acid groups (broad SMARTS) is 1. The Hall–Kier alpha value is -7.29. The van der Waals surface area contributed by atoms with Gasteiger partial charge in [-0.15, -0.1) is 0 Å². The van der Waals surface area contributed by atoms with Crippen molar-refractivity contribution in [3.05, 3.63) is 35.9 Å². The normalized spacial score (nSPS) is 17.2. The average Bonchev–Trinajstić information content (AvgIpc) is 3.95. The minimum Gasteiger partial charge on any atom is -0.480 e. The van der Waals surface area contributed by atoms with Gasteiger partial charge in [0.2, 0.25) is 65.0 Å². The number of nitrogens with one attached hydrogen (secondary N) is 11. The van der Waals surface area contributed by atoms with Crippen molar-refractivity contribution in [1.29, 1.82) is 5.41 Å². The lowest BCUT2D eigenvalue weighted by Gasteiger charge is -2.29. The van der Waals surface area contributed by atoms with Gasteiger partial charge in [-0.3, -0.25) is 58.1 Å². The summed E-state index contributed by atoms with van der Waals surface area (Å²) in [6.45, 7) is 6.69. The number of aliphatic hydroxyl groups excluding tert-OH is 2. The molecule has 30 nitrogen and oxygen atoms in total. The Labute approximate surface area is 490 Å². The van der Waals surface area contributed by atoms with Gasteiger partial charge in [0.1, 0.15) is 54.4 Å². The number of amides is 11. The maximum atomic E-state index is 14.3. The molecule has 0 aromatic heterocycles. The van der Waals surface area contributed by atoms with E-state index >= 15 is 0 Å². The van der Waals surface area contributed by atoms with Gasteiger partial charge >= 0.3 is 5.97 Å². The Morgan fingerprint density at radius 1 is 0.699 bits per heavy atom. The topological polar surface area (TPSA) is 491 Å². The molecule has 2 rings (SSSR count). The first kappa shape index (κ1) is 71.8. The average molecular weight is 1210 g/mol. The Balaban J connectivity index is 2.28. The molecule has 0 spiro atoms. The maximum absolute atomic E-state index is 14.3. The first-order chi connectivity index (χ1) is 39.1. The number of guanidine groups is 1. The molecule has 1 aromatic rings. The molecule has 1 aliphatic rings. The summed E-state index contributed by atoms with van der Waals surface area (Å²) >= 11 is 5.51. The molecule has 1 saturated heterocycles. The summed E-state index contributed by atoms with van der Waals surface area (Å²) in [6, 6.07) is -5.29. The molecule has 13 atom stereocenters. The molecule has 83 heavy (non-hydrogen) atoms. The second kappa shape index (κ2) is 36.3. The fraction of sp³-hybridized carbons (Fsp3) is 0.627. The molecule has 20 N–H and O–H groups in total. The number of benzene rings is 1. The van der Waals surface area contributed by atoms with Gasteiger partial charge in [0, 0.05) is 25.3 Å². The van der Waals surface area contributed by atoms with Crippen LogP contribution < -0.4 is 70.4 Å². The van der Waals surface area contributed by atoms with Gasteiger partial charge in [0.25, 0.3) is 0 Å². The third-order valence-electron chi connectivity index (χ3n) is 13.2. The van der Waals surface area contributed by atoms with E-state index in [0.29, 0.717) is 37.1 Å². The molecule has 0 saturated carbocycles. The van der Waals surface area contributed by atoms with Crippen molar-refractivity contribution in [3.63, 3.8) is 0 Å². The largest absolute Gasteiger partial charge is 0.480 e. The molecule has 0 aliphatic carbocycles. The third kappa shape index (κ3) is 24.6. The summed E-state index contributed by atoms with van der Waals surface area (Å²) < 4.78 is 0. The lowest BCUT2D eigenvalue weighted by Crippen LogP contribution is -2.63. The van der Waals surface area contributed by atoms with Crippen LogP contribution in [0.2, 0.25) is 0 Å². The molecule has 0 radical (unpaired) electrons. The van der Waals surface area contributed by atoms with Gasteiger partial charge < -0.3 is 90.6 Å². The van der Waals surface area contributed by atoms with Crippen LogP contribution in [0, 0.1) is 11.3 Å². The van der Waals surface area contributed by atoms with Crippen LogP contribution in [0.1, 0.15) is 85.1 Å². The molecule has 32 heteroatoms. The van der Waals surface area contributed by atoms with Crippen molar-refractivity contribution in [3.8, 4) is 0 Å². The number of nitrogens with zero attached hydrogens (tertiary/aromatic N) is 1. The number of carbonyl (C=O) groups excluding carboxylic acids is 11. The number of carboxylic acids is 1. The van der Waals surface area contributed by atoms with E-state index in [4.69, 9.17) is 22.6 Å². The summed E-state index contributed by atoms with van der Waals surface area (Å²) in [5.41, 5.74) is 17.0. The molecule has 1 heterocycles. The van der Waals surface area contributed by atoms with Crippen LogP contribution in [0.4, 0.5) is 0 Å². The zero-order valence-corrected chi connectivity index (χ0v) is 49.1. The number of aliphatic carboxylic acids is 1. The van der Waals surface area contributed by atoms with Crippen LogP contribution in [0.25, 0.3) is 0 Å². The minimum absolute atomic E-state index is 0.0102. The van der Waals surface area contributed by atoms with Crippen LogP contribution in [0.15, 0.2) is 30.3 Å². The van der Waals surface area contributed by atoms with Gasteiger partial charge in [0.05, 0.1) is 31.2 Å². The number of nitrogens with two attached hydrogens (primary N) is 3. The molecule has 11 amide bonds. The quantitative estimate of drug-likeness (QED) is 0.0129. The van der Waals surface area contributed by atoms with Crippen LogP contribution in [0.3, 0.4) is 0 Å². The monoisotopic (exact) mass is 1210 g/mol. The van der Waals surface area contributed by atoms with Gasteiger partial charge in [-0.25, -0.2) is 4.79 Å². The zero-order chi connectivity index (χ0) is 62.7. The Kier molecular flexibility index (Phi) is 31.4. The highest BCUT2D eigenvalue weighted by molar-refractivity contribution is 7.98. The number of aliphatic hydroxyl groups is 2. The number of hydrogen-bond donors (Lipinski definition) is 18. The van der Waals surface area contributed by atoms with Crippen molar-refractivity contribution in [1.82, 2.24) is 58.1 Å². The summed E-state index contributed by atoms with van der Waals surface area (Å²) in [5, 5.41) is 62.3. The number of hydrogen-bond acceptors (Lipinski definition) is 18. The molecule has 1 aromatic carbocycles. The fourth-order valence-corrected chi connectivity index (χ4v) is 9.11. The predicted molar refractivity (Wildman–Crippen MR) is 307 cm³/mol. The van der Waals surface area contributed by atoms with Gasteiger partial charge in [0.15, 0.2) is 5.96 Å². The molecule has 0 unspecified atom stereocenters. The number of thiol groups is 1. The van der Waals surface area contributed by atoms with Gasteiger partial charge in [-0.05, 0) is 76.4 Å². The molecular formula is C51H83N15O15S2. The summed E-state index contributed by atoms with van der Waals surface area (Å²) in [7, 11) is 0. The Morgan fingerprint density at radius 3 is 1.76 bits per heavy atom. The zero-order valence-electron chi connectivity index (χ0n) is 47.4. The number of carbonyl (C=O) groups is 12. The standard InChI is InChI=1S/C51H83N15O15S2/c1-7-25(2)38(46(76)62-34(24-82)44(74)64-40(28(5)68)48(78)65-39(27(4)67)47(77)61-33(50(80)81)22-36(53)69)63-37(70)23-57-41(71)31(17-20-83-6)59-42(72)30(15-11-18-56-51(54)55)58-43(73)32(21-29-13-9-8-10-14-29)60-45(75)35-16-12-19-66(35)49(79)26(3)52/h8-10,13-14,25-28,30-35,38-40,67-68,82H,7,11-12,15-24,52H2,1-6H3,(H2,53,69)(H,57,71)(H,58,73)(H,59,72)(H,60,75)(H,61,77)(H,62,76)(H,63,70)(H,64,74)(H,65,78)(H,80,81)(H4,54,55,56)/t25-,26-,27+,28+,30-,31-,32-,33-,34-,35-,38-,39-,40-/m0/s1. The lowest BCUT2D eigenvalue weighted by atomic mass is 9.98. The smallest absolute Gasteiger partial charge is 0.326 e. The Bertz CT molecular complexity index is 2430. The second-order valence-corrected chi connectivity index (χ2v) is 21.4. The van der Waals surface area contributed by atoms with Gasteiger partial charge in [-0.1, -0.05) is 50.6 Å². The first-order valence-corrected chi connectivity index (χ1v) is 28.9. The predicted octanol–water partition coefficient (Wildman–Crippen LogP) is -5.72. The highest BCUT2D eigenvalue weighted by atomic mass is 32.2. The van der Waals surface area contributed by atoms with Crippen molar-refractivity contribution in [2.75, 3.05) is 37.4 Å². The van der Waals surface area contributed by atoms with Crippen molar-refractivity contribution >= 4 is 101 Å². The van der Waals surface area contributed by atoms with E-state index in [-0.39, 0.29) is 38.2 Å². The second-order valence-electron chi connectivity index (χ2n) is 20.0. The molecule has 1 aliphatic heterocycles. The minimum atomic E-state index is -1.87. The van der Waals surface area contributed by atoms with E-state index in [1.54, 1.807) is 50.4 Å². The third-order valence-corrected chi connectivity index (χ3v) is 14.2. The molecule has 464 valence electrons. The van der Waals surface area contributed by atoms with E-state index in [0.717, 1.165) is 13.8 Å². The summed E-state index contributed by atoms with van der Waals surface area (Å²) in [4.78, 5) is 161. The lowest BCUT2D eigenvalue weighted by molar-refractivity contribution is -0.144. The van der Waals surface area contributed by atoms with Crippen molar-refractivity contribution in [2.24, 2.45) is 23.1 Å². The highest BCUT2D eigenvalue weighted by Crippen LogP contribution is 2.19. The van der Waals surface area contributed by atoms with Crippen LogP contribution >= 0.6 is 24.4 Å². The fourth-order valence-electron chi connectivity index (χ4n) is 8.38. The van der Waals surface area contributed by atoms with Crippen molar-refractivity contribution < 1.29 is 72.9 Å². The van der Waals surface area contributed by atoms with Gasteiger partial charge in [-0.2, -0.15) is 24.4 Å².